The fourth-order valence-electron chi connectivity index (χ4n) is 2.75. The highest BCUT2D eigenvalue weighted by Gasteiger charge is 2.20. The van der Waals surface area contributed by atoms with Gasteiger partial charge in [-0.2, -0.15) is 4.98 Å². The Morgan fingerprint density at radius 1 is 1.36 bits per heavy atom. The summed E-state index contributed by atoms with van der Waals surface area (Å²) in [6, 6.07) is 0. The summed E-state index contributed by atoms with van der Waals surface area (Å²) in [5.41, 5.74) is 3.79. The highest BCUT2D eigenvalue weighted by Crippen LogP contribution is 2.26. The Bertz CT molecular complexity index is 874. The molecule has 0 unspecified atom stereocenters. The molecule has 0 aromatic carbocycles. The van der Waals surface area contributed by atoms with E-state index in [2.05, 4.69) is 15.1 Å². The van der Waals surface area contributed by atoms with Crippen LogP contribution in [0.1, 0.15) is 34.9 Å². The van der Waals surface area contributed by atoms with E-state index < -0.39 is 0 Å². The SMILES string of the molecule is Cc1ncsc1-c1nc(Cn2c3c(sc2=O)CCCC3)no1. The molecular formula is C14H14N4O2S2. The molecule has 3 aromatic heterocycles. The lowest BCUT2D eigenvalue weighted by atomic mass is 10.0. The topological polar surface area (TPSA) is 73.8 Å². The maximum absolute atomic E-state index is 12.2. The second kappa shape index (κ2) is 5.44. The predicted octanol–water partition coefficient (Wildman–Crippen LogP) is 2.65. The van der Waals surface area contributed by atoms with Crippen molar-refractivity contribution in [2.75, 3.05) is 0 Å². The largest absolute Gasteiger partial charge is 0.333 e. The van der Waals surface area contributed by atoms with Crippen molar-refractivity contribution >= 4 is 22.7 Å². The second-order valence-corrected chi connectivity index (χ2v) is 7.21. The molecule has 0 amide bonds. The van der Waals surface area contributed by atoms with Crippen LogP contribution in [0.15, 0.2) is 14.8 Å². The number of rotatable bonds is 3. The van der Waals surface area contributed by atoms with Crippen LogP contribution in [0, 0.1) is 6.92 Å². The average Bonchev–Trinajstić information content (AvgIpc) is 3.20. The second-order valence-electron chi connectivity index (χ2n) is 5.31. The van der Waals surface area contributed by atoms with Gasteiger partial charge in [0.25, 0.3) is 5.89 Å². The maximum atomic E-state index is 12.2. The molecule has 0 saturated carbocycles. The minimum absolute atomic E-state index is 0.0761. The van der Waals surface area contributed by atoms with Gasteiger partial charge in [0.2, 0.25) is 0 Å². The Hall–Kier alpha value is -1.80. The van der Waals surface area contributed by atoms with E-state index in [0.29, 0.717) is 18.3 Å². The maximum Gasteiger partial charge on any atom is 0.307 e. The number of aromatic nitrogens is 4. The first-order chi connectivity index (χ1) is 10.7. The molecule has 1 aliphatic rings. The fraction of sp³-hybridized carbons (Fsp3) is 0.429. The van der Waals surface area contributed by atoms with E-state index in [0.717, 1.165) is 35.5 Å². The van der Waals surface area contributed by atoms with E-state index in [4.69, 9.17) is 4.52 Å². The highest BCUT2D eigenvalue weighted by molar-refractivity contribution is 7.13. The minimum Gasteiger partial charge on any atom is -0.333 e. The van der Waals surface area contributed by atoms with Gasteiger partial charge in [-0.25, -0.2) is 4.98 Å². The van der Waals surface area contributed by atoms with Crippen LogP contribution in [0.3, 0.4) is 0 Å². The molecule has 3 heterocycles. The summed E-state index contributed by atoms with van der Waals surface area (Å²) in [6.45, 7) is 2.29. The van der Waals surface area contributed by atoms with Crippen molar-refractivity contribution in [3.8, 4) is 10.8 Å². The average molecular weight is 334 g/mol. The molecule has 0 N–H and O–H groups in total. The van der Waals surface area contributed by atoms with E-state index in [9.17, 15) is 4.79 Å². The number of hydrogen-bond donors (Lipinski definition) is 0. The lowest BCUT2D eigenvalue weighted by Gasteiger charge is -2.12. The summed E-state index contributed by atoms with van der Waals surface area (Å²) < 4.78 is 7.12. The van der Waals surface area contributed by atoms with Gasteiger partial charge in [0.15, 0.2) is 5.82 Å². The van der Waals surface area contributed by atoms with Crippen LogP contribution >= 0.6 is 22.7 Å². The van der Waals surface area contributed by atoms with Crippen molar-refractivity contribution in [2.45, 2.75) is 39.2 Å². The Kier molecular flexibility index (Phi) is 3.42. The van der Waals surface area contributed by atoms with Gasteiger partial charge in [-0.15, -0.1) is 11.3 Å². The molecule has 0 atom stereocenters. The van der Waals surface area contributed by atoms with Crippen LogP contribution in [-0.2, 0) is 19.4 Å². The summed E-state index contributed by atoms with van der Waals surface area (Å²) >= 11 is 2.83. The van der Waals surface area contributed by atoms with Crippen molar-refractivity contribution in [2.24, 2.45) is 0 Å². The molecule has 3 aromatic rings. The molecule has 0 spiro atoms. The van der Waals surface area contributed by atoms with Crippen LogP contribution in [-0.4, -0.2) is 19.7 Å². The zero-order valence-corrected chi connectivity index (χ0v) is 13.7. The third-order valence-corrected chi connectivity index (χ3v) is 5.85. The Balaban J connectivity index is 1.65. The number of hydrogen-bond acceptors (Lipinski definition) is 7. The molecule has 0 aliphatic heterocycles. The summed E-state index contributed by atoms with van der Waals surface area (Å²) in [4.78, 5) is 23.0. The molecule has 0 saturated heterocycles. The molecule has 4 rings (SSSR count). The van der Waals surface area contributed by atoms with Gasteiger partial charge in [0.1, 0.15) is 4.88 Å². The summed E-state index contributed by atoms with van der Waals surface area (Å²) in [6.07, 6.45) is 4.29. The Morgan fingerprint density at radius 3 is 3.05 bits per heavy atom. The molecule has 0 bridgehead atoms. The van der Waals surface area contributed by atoms with Crippen LogP contribution in [0.25, 0.3) is 10.8 Å². The van der Waals surface area contributed by atoms with E-state index in [1.165, 1.54) is 34.0 Å². The van der Waals surface area contributed by atoms with Crippen molar-refractivity contribution in [3.63, 3.8) is 0 Å². The smallest absolute Gasteiger partial charge is 0.307 e. The monoisotopic (exact) mass is 334 g/mol. The van der Waals surface area contributed by atoms with Gasteiger partial charge < -0.3 is 4.52 Å². The molecule has 0 radical (unpaired) electrons. The van der Waals surface area contributed by atoms with Crippen molar-refractivity contribution in [1.82, 2.24) is 19.7 Å². The van der Waals surface area contributed by atoms with Gasteiger partial charge >= 0.3 is 4.87 Å². The normalized spacial score (nSPS) is 14.2. The molecular weight excluding hydrogens is 320 g/mol. The molecule has 1 aliphatic carbocycles. The lowest BCUT2D eigenvalue weighted by molar-refractivity contribution is 0.420. The molecule has 22 heavy (non-hydrogen) atoms. The molecule has 6 nitrogen and oxygen atoms in total. The predicted molar refractivity (Wildman–Crippen MR) is 84.5 cm³/mol. The number of thiazole rings is 2. The van der Waals surface area contributed by atoms with Crippen molar-refractivity contribution < 1.29 is 4.52 Å². The number of nitrogens with zero attached hydrogens (tertiary/aromatic N) is 4. The Morgan fingerprint density at radius 2 is 2.23 bits per heavy atom. The van der Waals surface area contributed by atoms with Crippen LogP contribution in [0.5, 0.6) is 0 Å². The molecule has 114 valence electrons. The third-order valence-electron chi connectivity index (χ3n) is 3.85. The fourth-order valence-corrected chi connectivity index (χ4v) is 4.54. The molecule has 8 heteroatoms. The standard InChI is InChI=1S/C14H14N4O2S2/c1-8-12(21-7-15-8)13-16-11(17-20-13)6-18-9-4-2-3-5-10(9)22-14(18)19/h7H,2-6H2,1H3. The van der Waals surface area contributed by atoms with E-state index >= 15 is 0 Å². The number of aryl methyl sites for hydroxylation is 2. The van der Waals surface area contributed by atoms with E-state index in [-0.39, 0.29) is 4.87 Å². The van der Waals surface area contributed by atoms with E-state index in [1.54, 1.807) is 10.1 Å². The summed E-state index contributed by atoms with van der Waals surface area (Å²) in [5, 5.41) is 4.02. The van der Waals surface area contributed by atoms with Crippen molar-refractivity contribution in [1.29, 1.82) is 0 Å². The first-order valence-electron chi connectivity index (χ1n) is 7.17. The molecule has 0 fully saturated rings. The first-order valence-corrected chi connectivity index (χ1v) is 8.86. The van der Waals surface area contributed by atoms with Gasteiger partial charge in [-0.05, 0) is 32.6 Å². The van der Waals surface area contributed by atoms with E-state index in [1.807, 2.05) is 6.92 Å². The van der Waals surface area contributed by atoms with Crippen LogP contribution in [0.4, 0.5) is 0 Å². The minimum atomic E-state index is 0.0761. The number of fused-ring (bicyclic) bond motifs is 1. The zero-order valence-electron chi connectivity index (χ0n) is 12.0. The van der Waals surface area contributed by atoms with Crippen LogP contribution < -0.4 is 4.87 Å². The lowest BCUT2D eigenvalue weighted by Crippen LogP contribution is -2.18. The summed E-state index contributed by atoms with van der Waals surface area (Å²) in [5.74, 6) is 1.02. The highest BCUT2D eigenvalue weighted by atomic mass is 32.1. The summed E-state index contributed by atoms with van der Waals surface area (Å²) in [7, 11) is 0. The van der Waals surface area contributed by atoms with Crippen LogP contribution in [0.2, 0.25) is 0 Å². The zero-order chi connectivity index (χ0) is 15.1. The van der Waals surface area contributed by atoms with Gasteiger partial charge in [-0.3, -0.25) is 9.36 Å². The first kappa shape index (κ1) is 13.8. The van der Waals surface area contributed by atoms with Gasteiger partial charge in [-0.1, -0.05) is 16.5 Å². The quantitative estimate of drug-likeness (QED) is 0.736. The Labute approximate surface area is 134 Å². The van der Waals surface area contributed by atoms with Gasteiger partial charge in [0, 0.05) is 10.6 Å². The van der Waals surface area contributed by atoms with Gasteiger partial charge in [0.05, 0.1) is 17.7 Å². The third kappa shape index (κ3) is 2.32. The van der Waals surface area contributed by atoms with Crippen molar-refractivity contribution in [3.05, 3.63) is 37.3 Å².